The van der Waals surface area contributed by atoms with Crippen molar-refractivity contribution in [1.29, 1.82) is 0 Å². The number of unbranched alkanes of at least 4 members (excludes halogenated alkanes) is 2. The summed E-state index contributed by atoms with van der Waals surface area (Å²) < 4.78 is 1.04. The summed E-state index contributed by atoms with van der Waals surface area (Å²) >= 11 is 3.39. The lowest BCUT2D eigenvalue weighted by atomic mass is 10.1. The van der Waals surface area contributed by atoms with Gasteiger partial charge in [-0.2, -0.15) is 0 Å². The molecule has 78 valence electrons. The summed E-state index contributed by atoms with van der Waals surface area (Å²) in [6.07, 6.45) is 4.52. The van der Waals surface area contributed by atoms with E-state index in [-0.39, 0.29) is 0 Å². The van der Waals surface area contributed by atoms with Crippen LogP contribution >= 0.6 is 15.9 Å². The molecular formula is C11H17BrN2. The highest BCUT2D eigenvalue weighted by Gasteiger charge is 1.99. The number of aryl methyl sites for hydroxylation is 1. The number of nitrogen functional groups attached to an aromatic ring is 1. The van der Waals surface area contributed by atoms with Crippen LogP contribution in [0.2, 0.25) is 0 Å². The van der Waals surface area contributed by atoms with E-state index in [0.29, 0.717) is 0 Å². The van der Waals surface area contributed by atoms with E-state index in [1.54, 1.807) is 0 Å². The Labute approximate surface area is 93.8 Å². The van der Waals surface area contributed by atoms with Gasteiger partial charge in [-0.25, -0.2) is 0 Å². The van der Waals surface area contributed by atoms with E-state index in [1.165, 1.54) is 18.4 Å². The minimum Gasteiger partial charge on any atom is -0.398 e. The summed E-state index contributed by atoms with van der Waals surface area (Å²) in [4.78, 5) is 0. The van der Waals surface area contributed by atoms with Crippen molar-refractivity contribution < 1.29 is 0 Å². The Morgan fingerprint density at radius 3 is 2.57 bits per heavy atom. The van der Waals surface area contributed by atoms with E-state index in [0.717, 1.165) is 29.5 Å². The van der Waals surface area contributed by atoms with Gasteiger partial charge < -0.3 is 11.5 Å². The first-order chi connectivity index (χ1) is 6.74. The first kappa shape index (κ1) is 11.5. The maximum atomic E-state index is 5.88. The molecule has 0 amide bonds. The van der Waals surface area contributed by atoms with Crippen LogP contribution < -0.4 is 11.5 Å². The van der Waals surface area contributed by atoms with Gasteiger partial charge in [-0.3, -0.25) is 0 Å². The molecule has 1 aromatic carbocycles. The molecule has 0 fully saturated rings. The Hall–Kier alpha value is -0.540. The van der Waals surface area contributed by atoms with Crippen molar-refractivity contribution in [3.8, 4) is 0 Å². The first-order valence-corrected chi connectivity index (χ1v) is 5.77. The van der Waals surface area contributed by atoms with E-state index >= 15 is 0 Å². The lowest BCUT2D eigenvalue weighted by molar-refractivity contribution is 0.687. The SMILES string of the molecule is NCCCCCc1ccc(Br)cc1N. The zero-order valence-corrected chi connectivity index (χ0v) is 9.89. The second kappa shape index (κ2) is 6.04. The Balaban J connectivity index is 2.42. The molecular weight excluding hydrogens is 240 g/mol. The van der Waals surface area contributed by atoms with E-state index in [1.807, 2.05) is 12.1 Å². The monoisotopic (exact) mass is 256 g/mol. The molecule has 0 saturated carbocycles. The van der Waals surface area contributed by atoms with E-state index < -0.39 is 0 Å². The van der Waals surface area contributed by atoms with Crippen molar-refractivity contribution in [3.63, 3.8) is 0 Å². The summed E-state index contributed by atoms with van der Waals surface area (Å²) in [7, 11) is 0. The highest BCUT2D eigenvalue weighted by Crippen LogP contribution is 2.20. The molecule has 0 spiro atoms. The Morgan fingerprint density at radius 1 is 1.14 bits per heavy atom. The molecule has 4 N–H and O–H groups in total. The first-order valence-electron chi connectivity index (χ1n) is 4.98. The molecule has 0 aliphatic heterocycles. The predicted molar refractivity (Wildman–Crippen MR) is 65.2 cm³/mol. The third-order valence-electron chi connectivity index (χ3n) is 2.26. The molecule has 0 atom stereocenters. The molecule has 1 aromatic rings. The Kier molecular flexibility index (Phi) is 4.98. The third-order valence-corrected chi connectivity index (χ3v) is 2.75. The fourth-order valence-corrected chi connectivity index (χ4v) is 1.81. The summed E-state index contributed by atoms with van der Waals surface area (Å²) in [6.45, 7) is 0.788. The number of hydrogen-bond acceptors (Lipinski definition) is 2. The van der Waals surface area contributed by atoms with Gasteiger partial charge in [-0.1, -0.05) is 28.4 Å². The molecule has 0 heterocycles. The largest absolute Gasteiger partial charge is 0.398 e. The van der Waals surface area contributed by atoms with Crippen LogP contribution in [-0.4, -0.2) is 6.54 Å². The van der Waals surface area contributed by atoms with Gasteiger partial charge in [0.05, 0.1) is 0 Å². The van der Waals surface area contributed by atoms with E-state index in [9.17, 15) is 0 Å². The highest BCUT2D eigenvalue weighted by molar-refractivity contribution is 9.10. The molecule has 0 bridgehead atoms. The number of benzene rings is 1. The Bertz CT molecular complexity index is 287. The van der Waals surface area contributed by atoms with Crippen LogP contribution in [0.4, 0.5) is 5.69 Å². The molecule has 0 unspecified atom stereocenters. The fourth-order valence-electron chi connectivity index (χ4n) is 1.43. The average molecular weight is 257 g/mol. The van der Waals surface area contributed by atoms with Crippen molar-refractivity contribution in [2.24, 2.45) is 5.73 Å². The van der Waals surface area contributed by atoms with Gasteiger partial charge in [-0.15, -0.1) is 0 Å². The molecule has 2 nitrogen and oxygen atoms in total. The van der Waals surface area contributed by atoms with Crippen molar-refractivity contribution in [2.45, 2.75) is 25.7 Å². The minimum atomic E-state index is 0.788. The van der Waals surface area contributed by atoms with Crippen LogP contribution in [-0.2, 0) is 6.42 Å². The summed E-state index contributed by atoms with van der Waals surface area (Å²) in [6, 6.07) is 6.08. The lowest BCUT2D eigenvalue weighted by Gasteiger charge is -2.05. The maximum Gasteiger partial charge on any atom is 0.0357 e. The predicted octanol–water partition coefficient (Wildman–Crippen LogP) is 2.70. The van der Waals surface area contributed by atoms with Gasteiger partial charge in [-0.05, 0) is 43.5 Å². The second-order valence-electron chi connectivity index (χ2n) is 3.44. The van der Waals surface area contributed by atoms with Gasteiger partial charge in [0.25, 0.3) is 0 Å². The quantitative estimate of drug-likeness (QED) is 0.629. The standard InChI is InChI=1S/C11H17BrN2/c12-10-6-5-9(11(14)8-10)4-2-1-3-7-13/h5-6,8H,1-4,7,13-14H2. The van der Waals surface area contributed by atoms with Crippen LogP contribution in [0.25, 0.3) is 0 Å². The van der Waals surface area contributed by atoms with E-state index in [2.05, 4.69) is 22.0 Å². The molecule has 0 aromatic heterocycles. The second-order valence-corrected chi connectivity index (χ2v) is 4.36. The van der Waals surface area contributed by atoms with Gasteiger partial charge in [0, 0.05) is 10.2 Å². The van der Waals surface area contributed by atoms with Gasteiger partial charge in [0.2, 0.25) is 0 Å². The summed E-state index contributed by atoms with van der Waals surface area (Å²) in [5, 5.41) is 0. The molecule has 0 aliphatic carbocycles. The van der Waals surface area contributed by atoms with E-state index in [4.69, 9.17) is 11.5 Å². The Morgan fingerprint density at radius 2 is 1.93 bits per heavy atom. The van der Waals surface area contributed by atoms with Crippen molar-refractivity contribution in [1.82, 2.24) is 0 Å². The molecule has 14 heavy (non-hydrogen) atoms. The fraction of sp³-hybridized carbons (Fsp3) is 0.455. The van der Waals surface area contributed by atoms with Gasteiger partial charge >= 0.3 is 0 Å². The number of halogens is 1. The molecule has 1 rings (SSSR count). The summed E-state index contributed by atoms with van der Waals surface area (Å²) in [5.74, 6) is 0. The van der Waals surface area contributed by atoms with Crippen LogP contribution in [0, 0.1) is 0 Å². The van der Waals surface area contributed by atoms with Crippen LogP contribution in [0.1, 0.15) is 24.8 Å². The van der Waals surface area contributed by atoms with Crippen LogP contribution in [0.15, 0.2) is 22.7 Å². The summed E-state index contributed by atoms with van der Waals surface area (Å²) in [5.41, 5.74) is 13.4. The van der Waals surface area contributed by atoms with Gasteiger partial charge in [0.15, 0.2) is 0 Å². The number of anilines is 1. The maximum absolute atomic E-state index is 5.88. The van der Waals surface area contributed by atoms with Crippen LogP contribution in [0.3, 0.4) is 0 Å². The van der Waals surface area contributed by atoms with Crippen molar-refractivity contribution >= 4 is 21.6 Å². The van der Waals surface area contributed by atoms with Crippen molar-refractivity contribution in [3.05, 3.63) is 28.2 Å². The van der Waals surface area contributed by atoms with Crippen LogP contribution in [0.5, 0.6) is 0 Å². The minimum absolute atomic E-state index is 0.788. The topological polar surface area (TPSA) is 52.0 Å². The zero-order chi connectivity index (χ0) is 10.4. The number of nitrogens with two attached hydrogens (primary N) is 2. The average Bonchev–Trinajstić information content (AvgIpc) is 2.15. The molecule has 0 saturated heterocycles. The zero-order valence-electron chi connectivity index (χ0n) is 8.30. The number of hydrogen-bond donors (Lipinski definition) is 2. The third kappa shape index (κ3) is 3.68. The molecule has 0 aliphatic rings. The number of rotatable bonds is 5. The van der Waals surface area contributed by atoms with Gasteiger partial charge in [0.1, 0.15) is 0 Å². The normalized spacial score (nSPS) is 10.4. The molecule has 0 radical (unpaired) electrons. The smallest absolute Gasteiger partial charge is 0.0357 e. The lowest BCUT2D eigenvalue weighted by Crippen LogP contribution is -1.99. The van der Waals surface area contributed by atoms with Crippen molar-refractivity contribution in [2.75, 3.05) is 12.3 Å². The molecule has 3 heteroatoms. The highest BCUT2D eigenvalue weighted by atomic mass is 79.9.